The minimum absolute atomic E-state index is 0.0896. The number of fused-ring (bicyclic) bond motifs is 1. The van der Waals surface area contributed by atoms with Gasteiger partial charge in [-0.05, 0) is 29.8 Å². The van der Waals surface area contributed by atoms with Crippen molar-refractivity contribution >= 4 is 28.8 Å². The summed E-state index contributed by atoms with van der Waals surface area (Å²) in [5, 5.41) is 81.1. The van der Waals surface area contributed by atoms with Gasteiger partial charge >= 0.3 is 5.97 Å². The van der Waals surface area contributed by atoms with Crippen molar-refractivity contribution in [3.63, 3.8) is 0 Å². The van der Waals surface area contributed by atoms with Crippen LogP contribution in [0, 0.1) is 0 Å². The van der Waals surface area contributed by atoms with Gasteiger partial charge in [-0.2, -0.15) is 0 Å². The fourth-order valence-electron chi connectivity index (χ4n) is 4.51. The van der Waals surface area contributed by atoms with E-state index in [0.29, 0.717) is 5.56 Å². The maximum atomic E-state index is 13.0. The van der Waals surface area contributed by atoms with Gasteiger partial charge in [0.05, 0.1) is 0 Å². The Bertz CT molecular complexity index is 1740. The first-order valence-corrected chi connectivity index (χ1v) is 12.4. The number of phenolic OH excluding ortho intramolecular Hbond substituents is 3. The number of carboxylic acids is 1. The number of hydrogen-bond donors (Lipinski definition) is 8. The van der Waals surface area contributed by atoms with Crippen molar-refractivity contribution in [1.82, 2.24) is 0 Å². The van der Waals surface area contributed by atoms with E-state index in [1.54, 1.807) is 30.3 Å². The molecule has 4 aromatic rings. The predicted octanol–water partition coefficient (Wildman–Crippen LogP) is 1.90. The van der Waals surface area contributed by atoms with E-state index in [2.05, 4.69) is 0 Å². The minimum atomic E-state index is -2.00. The molecule has 5 rings (SSSR count). The van der Waals surface area contributed by atoms with Crippen molar-refractivity contribution in [2.24, 2.45) is 0 Å². The lowest BCUT2D eigenvalue weighted by Gasteiger charge is -2.38. The third-order valence-electron chi connectivity index (χ3n) is 6.64. The normalized spacial score (nSPS) is 22.6. The van der Waals surface area contributed by atoms with Gasteiger partial charge < -0.3 is 54.7 Å². The molecule has 3 aromatic carbocycles. The summed E-state index contributed by atoms with van der Waals surface area (Å²) in [5.74, 6) is -4.84. The predicted molar refractivity (Wildman–Crippen MR) is 145 cm³/mol. The second-order valence-electron chi connectivity index (χ2n) is 9.44. The van der Waals surface area contributed by atoms with E-state index in [0.717, 1.165) is 12.1 Å². The smallest absolute Gasteiger partial charge is 0.335 e. The maximum absolute atomic E-state index is 13.0. The van der Waals surface area contributed by atoms with Crippen LogP contribution in [-0.4, -0.2) is 77.5 Å². The Hall–Kier alpha value is -5.08. The molecular formula is C29H24O13. The molecule has 5 unspecified atom stereocenters. The van der Waals surface area contributed by atoms with E-state index in [1.165, 1.54) is 24.3 Å². The van der Waals surface area contributed by atoms with Gasteiger partial charge in [-0.1, -0.05) is 30.3 Å². The standard InChI is InChI=1S/C29H24O13/c30-13-6-7-14(15(9-13)16(31)8-12-4-2-1-3-5-12)18-10-17(32)21-19(40-18)11-20(22(33)23(21)34)41-29-26(37)24(35)25(36)27(42-29)28(38)39/h1-11,24-27,29-31,33-37H,(H,38,39). The highest BCUT2D eigenvalue weighted by Gasteiger charge is 2.48. The van der Waals surface area contributed by atoms with Crippen LogP contribution in [0.2, 0.25) is 0 Å². The van der Waals surface area contributed by atoms with Crippen molar-refractivity contribution < 1.29 is 59.5 Å². The SMILES string of the molecule is O=C(O)C1OC(Oc2cc3oc(-c4ccc(O)cc4C(O)=Cc4ccccc4)cc(=O)c3c(O)c2O)C(O)C(O)C1O. The van der Waals surface area contributed by atoms with E-state index >= 15 is 0 Å². The highest BCUT2D eigenvalue weighted by Crippen LogP contribution is 2.43. The van der Waals surface area contributed by atoms with Crippen LogP contribution in [0.4, 0.5) is 0 Å². The number of aromatic hydroxyl groups is 3. The number of rotatable bonds is 6. The molecule has 0 spiro atoms. The average Bonchev–Trinajstić information content (AvgIpc) is 2.95. The number of phenols is 3. The summed E-state index contributed by atoms with van der Waals surface area (Å²) in [7, 11) is 0. The van der Waals surface area contributed by atoms with Crippen LogP contribution in [0.1, 0.15) is 11.1 Å². The number of aliphatic hydroxyl groups is 4. The van der Waals surface area contributed by atoms with E-state index in [-0.39, 0.29) is 34.0 Å². The van der Waals surface area contributed by atoms with Crippen LogP contribution in [0.15, 0.2) is 69.9 Å². The molecule has 13 nitrogen and oxygen atoms in total. The van der Waals surface area contributed by atoms with Crippen LogP contribution in [-0.2, 0) is 9.53 Å². The highest BCUT2D eigenvalue weighted by atomic mass is 16.7. The monoisotopic (exact) mass is 580 g/mol. The third kappa shape index (κ3) is 5.20. The summed E-state index contributed by atoms with van der Waals surface area (Å²) in [6, 6.07) is 14.7. The van der Waals surface area contributed by atoms with Crippen molar-refractivity contribution in [2.75, 3.05) is 0 Å². The molecule has 13 heteroatoms. The van der Waals surface area contributed by atoms with E-state index in [9.17, 15) is 50.4 Å². The molecule has 0 saturated carbocycles. The molecule has 218 valence electrons. The van der Waals surface area contributed by atoms with Gasteiger partial charge in [0.1, 0.15) is 46.6 Å². The number of aliphatic hydroxyl groups excluding tert-OH is 4. The Labute approximate surface area is 235 Å². The number of carbonyl (C=O) groups is 1. The summed E-state index contributed by atoms with van der Waals surface area (Å²) in [6.07, 6.45) is -8.49. The lowest BCUT2D eigenvalue weighted by molar-refractivity contribution is -0.271. The van der Waals surface area contributed by atoms with Gasteiger partial charge in [-0.15, -0.1) is 0 Å². The van der Waals surface area contributed by atoms with Crippen LogP contribution in [0.3, 0.4) is 0 Å². The molecule has 0 radical (unpaired) electrons. The van der Waals surface area contributed by atoms with Gasteiger partial charge in [-0.25, -0.2) is 4.79 Å². The Morgan fingerprint density at radius 3 is 2.26 bits per heavy atom. The second-order valence-corrected chi connectivity index (χ2v) is 9.44. The van der Waals surface area contributed by atoms with Crippen LogP contribution >= 0.6 is 0 Å². The minimum Gasteiger partial charge on any atom is -0.508 e. The molecule has 1 aliphatic heterocycles. The fourth-order valence-corrected chi connectivity index (χ4v) is 4.51. The van der Waals surface area contributed by atoms with E-state index < -0.39 is 64.7 Å². The van der Waals surface area contributed by atoms with Gasteiger partial charge in [0.15, 0.2) is 23.0 Å². The fraction of sp³-hybridized carbons (Fsp3) is 0.172. The van der Waals surface area contributed by atoms with E-state index in [4.69, 9.17) is 13.9 Å². The van der Waals surface area contributed by atoms with Crippen LogP contribution in [0.25, 0.3) is 34.1 Å². The summed E-state index contributed by atoms with van der Waals surface area (Å²) in [5.41, 5.74) is -0.254. The summed E-state index contributed by atoms with van der Waals surface area (Å²) < 4.78 is 16.2. The molecule has 1 aromatic heterocycles. The average molecular weight is 580 g/mol. The molecule has 8 N–H and O–H groups in total. The van der Waals surface area contributed by atoms with Crippen molar-refractivity contribution in [1.29, 1.82) is 0 Å². The van der Waals surface area contributed by atoms with Crippen LogP contribution in [0.5, 0.6) is 23.0 Å². The largest absolute Gasteiger partial charge is 0.508 e. The lowest BCUT2D eigenvalue weighted by Crippen LogP contribution is -2.61. The second kappa shape index (κ2) is 11.1. The van der Waals surface area contributed by atoms with Crippen LogP contribution < -0.4 is 10.2 Å². The Morgan fingerprint density at radius 1 is 0.857 bits per heavy atom. The Balaban J connectivity index is 1.59. The molecular weight excluding hydrogens is 556 g/mol. The molecule has 1 saturated heterocycles. The van der Waals surface area contributed by atoms with Gasteiger partial charge in [0.25, 0.3) is 0 Å². The van der Waals surface area contributed by atoms with Crippen molar-refractivity contribution in [2.45, 2.75) is 30.7 Å². The number of aliphatic carboxylic acids is 1. The maximum Gasteiger partial charge on any atom is 0.335 e. The summed E-state index contributed by atoms with van der Waals surface area (Å²) in [6.45, 7) is 0. The molecule has 0 aliphatic carbocycles. The first-order chi connectivity index (χ1) is 20.0. The molecule has 5 atom stereocenters. The molecule has 1 aliphatic rings. The first kappa shape index (κ1) is 28.4. The zero-order valence-corrected chi connectivity index (χ0v) is 21.4. The zero-order chi connectivity index (χ0) is 30.3. The van der Waals surface area contributed by atoms with Crippen molar-refractivity contribution in [3.8, 4) is 34.3 Å². The lowest BCUT2D eigenvalue weighted by atomic mass is 9.99. The molecule has 2 heterocycles. The summed E-state index contributed by atoms with van der Waals surface area (Å²) >= 11 is 0. The number of benzene rings is 3. The molecule has 0 bridgehead atoms. The number of ether oxygens (including phenoxy) is 2. The number of hydrogen-bond acceptors (Lipinski definition) is 12. The zero-order valence-electron chi connectivity index (χ0n) is 21.4. The quantitative estimate of drug-likeness (QED) is 0.0927. The van der Waals surface area contributed by atoms with Crippen molar-refractivity contribution in [3.05, 3.63) is 82.0 Å². The Morgan fingerprint density at radius 2 is 1.57 bits per heavy atom. The van der Waals surface area contributed by atoms with Gasteiger partial charge in [0, 0.05) is 23.3 Å². The first-order valence-electron chi connectivity index (χ1n) is 12.4. The highest BCUT2D eigenvalue weighted by molar-refractivity contribution is 5.91. The molecule has 1 fully saturated rings. The number of carboxylic acid groups (broad SMARTS) is 1. The van der Waals surface area contributed by atoms with E-state index in [1.807, 2.05) is 0 Å². The third-order valence-corrected chi connectivity index (χ3v) is 6.64. The van der Waals surface area contributed by atoms with Gasteiger partial charge in [-0.3, -0.25) is 4.79 Å². The Kier molecular flexibility index (Phi) is 7.49. The summed E-state index contributed by atoms with van der Waals surface area (Å²) in [4.78, 5) is 24.5. The molecule has 0 amide bonds. The van der Waals surface area contributed by atoms with Gasteiger partial charge in [0.2, 0.25) is 12.0 Å². The molecule has 42 heavy (non-hydrogen) atoms. The topological polar surface area (TPSA) is 228 Å².